The van der Waals surface area contributed by atoms with Crippen molar-refractivity contribution in [1.82, 2.24) is 4.98 Å². The van der Waals surface area contributed by atoms with Gasteiger partial charge in [0, 0.05) is 26.8 Å². The highest BCUT2D eigenvalue weighted by molar-refractivity contribution is 7.99. The Hall–Kier alpha value is -1.26. The standard InChI is InChI=1S/C13H12ClNO2S/c1-8-6-12(18-5-4-13(16)17)10-7-9(14)2-3-11(10)15-8/h2-3,6-7H,4-5H2,1H3,(H,16,17). The summed E-state index contributed by atoms with van der Waals surface area (Å²) < 4.78 is 0. The Balaban J connectivity index is 2.35. The number of aliphatic carboxylic acids is 1. The molecule has 2 aromatic rings. The minimum atomic E-state index is -0.782. The summed E-state index contributed by atoms with van der Waals surface area (Å²) in [6.07, 6.45) is 0.147. The molecule has 1 heterocycles. The number of thioether (sulfide) groups is 1. The van der Waals surface area contributed by atoms with Crippen LogP contribution in [0.1, 0.15) is 12.1 Å². The van der Waals surface area contributed by atoms with Crippen molar-refractivity contribution in [2.45, 2.75) is 18.2 Å². The second-order valence-corrected chi connectivity index (χ2v) is 5.49. The first-order chi connectivity index (χ1) is 8.56. The molecule has 2 rings (SSSR count). The van der Waals surface area contributed by atoms with E-state index in [4.69, 9.17) is 16.7 Å². The molecule has 0 aliphatic carbocycles. The van der Waals surface area contributed by atoms with Crippen LogP contribution in [0.3, 0.4) is 0 Å². The maximum Gasteiger partial charge on any atom is 0.304 e. The number of benzene rings is 1. The van der Waals surface area contributed by atoms with Crippen molar-refractivity contribution >= 4 is 40.2 Å². The van der Waals surface area contributed by atoms with Gasteiger partial charge in [0.25, 0.3) is 0 Å². The smallest absolute Gasteiger partial charge is 0.304 e. The Bertz CT molecular complexity index is 601. The van der Waals surface area contributed by atoms with Crippen molar-refractivity contribution in [3.05, 3.63) is 35.0 Å². The number of carboxylic acid groups (broad SMARTS) is 1. The molecule has 1 aromatic heterocycles. The third kappa shape index (κ3) is 3.15. The van der Waals surface area contributed by atoms with E-state index in [1.807, 2.05) is 31.2 Å². The molecule has 0 aliphatic heterocycles. The van der Waals surface area contributed by atoms with E-state index in [1.54, 1.807) is 0 Å². The summed E-state index contributed by atoms with van der Waals surface area (Å²) in [6.45, 7) is 1.93. The van der Waals surface area contributed by atoms with Gasteiger partial charge in [-0.1, -0.05) is 11.6 Å². The first-order valence-electron chi connectivity index (χ1n) is 5.48. The maximum absolute atomic E-state index is 10.5. The molecular weight excluding hydrogens is 270 g/mol. The van der Waals surface area contributed by atoms with Crippen LogP contribution in [0.25, 0.3) is 10.9 Å². The molecule has 0 bridgehead atoms. The van der Waals surface area contributed by atoms with Gasteiger partial charge in [-0.25, -0.2) is 0 Å². The third-order valence-electron chi connectivity index (χ3n) is 2.43. The second-order valence-electron chi connectivity index (χ2n) is 3.92. The molecule has 5 heteroatoms. The van der Waals surface area contributed by atoms with Gasteiger partial charge in [-0.05, 0) is 31.2 Å². The third-order valence-corrected chi connectivity index (χ3v) is 3.73. The minimum Gasteiger partial charge on any atom is -0.481 e. The van der Waals surface area contributed by atoms with E-state index >= 15 is 0 Å². The molecule has 0 unspecified atom stereocenters. The SMILES string of the molecule is Cc1cc(SCCC(=O)O)c2cc(Cl)ccc2n1. The molecule has 0 fully saturated rings. The molecular formula is C13H12ClNO2S. The first-order valence-corrected chi connectivity index (χ1v) is 6.84. The van der Waals surface area contributed by atoms with Gasteiger partial charge < -0.3 is 5.11 Å². The van der Waals surface area contributed by atoms with Crippen LogP contribution in [0.5, 0.6) is 0 Å². The molecule has 18 heavy (non-hydrogen) atoms. The van der Waals surface area contributed by atoms with Crippen molar-refractivity contribution in [2.75, 3.05) is 5.75 Å². The average Bonchev–Trinajstić information content (AvgIpc) is 2.29. The lowest BCUT2D eigenvalue weighted by Crippen LogP contribution is -1.96. The Morgan fingerprint density at radius 1 is 1.44 bits per heavy atom. The molecule has 1 N–H and O–H groups in total. The van der Waals surface area contributed by atoms with Gasteiger partial charge in [0.1, 0.15) is 0 Å². The highest BCUT2D eigenvalue weighted by Crippen LogP contribution is 2.30. The summed E-state index contributed by atoms with van der Waals surface area (Å²) in [5.41, 5.74) is 1.81. The van der Waals surface area contributed by atoms with Crippen molar-refractivity contribution < 1.29 is 9.90 Å². The minimum absolute atomic E-state index is 0.147. The number of fused-ring (bicyclic) bond motifs is 1. The van der Waals surface area contributed by atoms with E-state index in [-0.39, 0.29) is 6.42 Å². The Kier molecular flexibility index (Phi) is 4.09. The zero-order chi connectivity index (χ0) is 13.1. The molecule has 0 saturated carbocycles. The van der Waals surface area contributed by atoms with Gasteiger partial charge >= 0.3 is 5.97 Å². The van der Waals surface area contributed by atoms with E-state index in [9.17, 15) is 4.79 Å². The number of pyridine rings is 1. The van der Waals surface area contributed by atoms with Gasteiger partial charge in [0.05, 0.1) is 11.9 Å². The number of hydrogen-bond acceptors (Lipinski definition) is 3. The van der Waals surface area contributed by atoms with E-state index < -0.39 is 5.97 Å². The molecule has 1 aromatic carbocycles. The van der Waals surface area contributed by atoms with Crippen LogP contribution in [-0.4, -0.2) is 21.8 Å². The fourth-order valence-corrected chi connectivity index (χ4v) is 2.90. The number of aromatic nitrogens is 1. The normalized spacial score (nSPS) is 10.8. The molecule has 0 amide bonds. The highest BCUT2D eigenvalue weighted by atomic mass is 35.5. The lowest BCUT2D eigenvalue weighted by Gasteiger charge is -2.07. The largest absolute Gasteiger partial charge is 0.481 e. The van der Waals surface area contributed by atoms with E-state index in [1.165, 1.54) is 11.8 Å². The first kappa shape index (κ1) is 13.2. The number of carboxylic acids is 1. The van der Waals surface area contributed by atoms with Crippen molar-refractivity contribution in [1.29, 1.82) is 0 Å². The quantitative estimate of drug-likeness (QED) is 0.867. The summed E-state index contributed by atoms with van der Waals surface area (Å²) in [5, 5.41) is 10.3. The van der Waals surface area contributed by atoms with Gasteiger partial charge in [-0.2, -0.15) is 0 Å². The van der Waals surface area contributed by atoms with Crippen LogP contribution in [0.15, 0.2) is 29.2 Å². The molecule has 0 spiro atoms. The van der Waals surface area contributed by atoms with Crippen molar-refractivity contribution in [2.24, 2.45) is 0 Å². The second kappa shape index (κ2) is 5.59. The van der Waals surface area contributed by atoms with E-state index in [0.29, 0.717) is 10.8 Å². The van der Waals surface area contributed by atoms with Crippen LogP contribution in [-0.2, 0) is 4.79 Å². The van der Waals surface area contributed by atoms with E-state index in [0.717, 1.165) is 21.5 Å². The van der Waals surface area contributed by atoms with Crippen LogP contribution < -0.4 is 0 Å². The van der Waals surface area contributed by atoms with Gasteiger partial charge in [-0.3, -0.25) is 9.78 Å². The number of halogens is 1. The number of rotatable bonds is 4. The monoisotopic (exact) mass is 281 g/mol. The number of aryl methyl sites for hydroxylation is 1. The highest BCUT2D eigenvalue weighted by Gasteiger charge is 2.06. The molecule has 0 atom stereocenters. The van der Waals surface area contributed by atoms with Gasteiger partial charge in [0.2, 0.25) is 0 Å². The fourth-order valence-electron chi connectivity index (χ4n) is 1.66. The van der Waals surface area contributed by atoms with Crippen LogP contribution in [0.4, 0.5) is 0 Å². The molecule has 94 valence electrons. The molecule has 0 saturated heterocycles. The predicted octanol–water partition coefficient (Wildman–Crippen LogP) is 3.76. The molecule has 0 aliphatic rings. The van der Waals surface area contributed by atoms with Crippen LogP contribution >= 0.6 is 23.4 Å². The number of carbonyl (C=O) groups is 1. The zero-order valence-corrected chi connectivity index (χ0v) is 11.4. The van der Waals surface area contributed by atoms with Crippen molar-refractivity contribution in [3.8, 4) is 0 Å². The summed E-state index contributed by atoms with van der Waals surface area (Å²) in [4.78, 5) is 16.0. The summed E-state index contributed by atoms with van der Waals surface area (Å²) in [5.74, 6) is -0.240. The Morgan fingerprint density at radius 3 is 2.94 bits per heavy atom. The predicted molar refractivity (Wildman–Crippen MR) is 74.5 cm³/mol. The van der Waals surface area contributed by atoms with Crippen molar-refractivity contribution in [3.63, 3.8) is 0 Å². The lowest BCUT2D eigenvalue weighted by atomic mass is 10.2. The Morgan fingerprint density at radius 2 is 2.22 bits per heavy atom. The van der Waals surface area contributed by atoms with Gasteiger partial charge in [0.15, 0.2) is 0 Å². The summed E-state index contributed by atoms with van der Waals surface area (Å²) in [7, 11) is 0. The van der Waals surface area contributed by atoms with Gasteiger partial charge in [-0.15, -0.1) is 11.8 Å². The van der Waals surface area contributed by atoms with E-state index in [2.05, 4.69) is 4.98 Å². The molecule has 3 nitrogen and oxygen atoms in total. The number of hydrogen-bond donors (Lipinski definition) is 1. The fraction of sp³-hybridized carbons (Fsp3) is 0.231. The lowest BCUT2D eigenvalue weighted by molar-refractivity contribution is -0.136. The maximum atomic E-state index is 10.5. The molecule has 0 radical (unpaired) electrons. The Labute approximate surface area is 114 Å². The van der Waals surface area contributed by atoms with Crippen LogP contribution in [0, 0.1) is 6.92 Å². The average molecular weight is 282 g/mol. The summed E-state index contributed by atoms with van der Waals surface area (Å²) >= 11 is 7.51. The summed E-state index contributed by atoms with van der Waals surface area (Å²) in [6, 6.07) is 7.52. The number of nitrogens with zero attached hydrogens (tertiary/aromatic N) is 1. The van der Waals surface area contributed by atoms with Crippen LogP contribution in [0.2, 0.25) is 5.02 Å². The topological polar surface area (TPSA) is 50.2 Å². The zero-order valence-electron chi connectivity index (χ0n) is 9.81.